The third-order valence-corrected chi connectivity index (χ3v) is 4.58. The van der Waals surface area contributed by atoms with E-state index in [1.165, 1.54) is 21.0 Å². The van der Waals surface area contributed by atoms with Crippen molar-refractivity contribution in [1.82, 2.24) is 10.3 Å². The van der Waals surface area contributed by atoms with Crippen molar-refractivity contribution >= 4 is 22.9 Å². The number of halogens is 1. The Labute approximate surface area is 123 Å². The van der Waals surface area contributed by atoms with E-state index in [0.717, 1.165) is 17.1 Å². The van der Waals surface area contributed by atoms with Crippen LogP contribution >= 0.6 is 22.9 Å². The number of likely N-dealkylation sites (N-methyl/N-ethyl adjacent to an activating group) is 1. The third kappa shape index (κ3) is 3.56. The quantitative estimate of drug-likeness (QED) is 0.913. The second-order valence-corrected chi connectivity index (χ2v) is 6.58. The van der Waals surface area contributed by atoms with Crippen LogP contribution in [-0.2, 0) is 6.42 Å². The van der Waals surface area contributed by atoms with Crippen LogP contribution in [0.2, 0.25) is 5.02 Å². The lowest BCUT2D eigenvalue weighted by molar-refractivity contribution is 0.589. The van der Waals surface area contributed by atoms with Gasteiger partial charge in [0.15, 0.2) is 0 Å². The van der Waals surface area contributed by atoms with E-state index in [9.17, 15) is 0 Å². The topological polar surface area (TPSA) is 24.9 Å². The van der Waals surface area contributed by atoms with E-state index in [1.54, 1.807) is 11.3 Å². The smallest absolute Gasteiger partial charge is 0.0949 e. The van der Waals surface area contributed by atoms with Crippen LogP contribution in [0.1, 0.15) is 32.7 Å². The van der Waals surface area contributed by atoms with E-state index in [0.29, 0.717) is 0 Å². The van der Waals surface area contributed by atoms with Crippen molar-refractivity contribution in [3.05, 3.63) is 49.9 Å². The van der Waals surface area contributed by atoms with Gasteiger partial charge >= 0.3 is 0 Å². The first-order valence-electron chi connectivity index (χ1n) is 6.37. The molecule has 0 radical (unpaired) electrons. The van der Waals surface area contributed by atoms with E-state index < -0.39 is 0 Å². The predicted octanol–water partition coefficient (Wildman–Crippen LogP) is 4.22. The maximum absolute atomic E-state index is 6.14. The minimum Gasteiger partial charge on any atom is -0.313 e. The number of hydrogen-bond acceptors (Lipinski definition) is 3. The van der Waals surface area contributed by atoms with E-state index in [2.05, 4.69) is 37.1 Å². The minimum atomic E-state index is 0.252. The van der Waals surface area contributed by atoms with Gasteiger partial charge in [-0.3, -0.25) is 0 Å². The number of aryl methyl sites for hydroxylation is 3. The van der Waals surface area contributed by atoms with Crippen LogP contribution in [0.5, 0.6) is 0 Å². The Bertz CT molecular complexity index is 538. The summed E-state index contributed by atoms with van der Waals surface area (Å²) in [5, 5.41) is 5.32. The van der Waals surface area contributed by atoms with Crippen molar-refractivity contribution < 1.29 is 0 Å². The summed E-state index contributed by atoms with van der Waals surface area (Å²) in [6.45, 7) is 6.25. The van der Waals surface area contributed by atoms with Gasteiger partial charge in [0.25, 0.3) is 0 Å². The zero-order chi connectivity index (χ0) is 14.0. The third-order valence-electron chi connectivity index (χ3n) is 3.27. The van der Waals surface area contributed by atoms with Gasteiger partial charge in [-0.05, 0) is 51.1 Å². The number of thiazole rings is 1. The molecule has 0 aliphatic carbocycles. The summed E-state index contributed by atoms with van der Waals surface area (Å²) in [6, 6.07) is 6.45. The first kappa shape index (κ1) is 14.5. The summed E-state index contributed by atoms with van der Waals surface area (Å²) in [5.74, 6) is 0. The van der Waals surface area contributed by atoms with Crippen molar-refractivity contribution in [2.45, 2.75) is 33.2 Å². The summed E-state index contributed by atoms with van der Waals surface area (Å²) >= 11 is 7.92. The Kier molecular flexibility index (Phi) is 4.61. The molecule has 0 fully saturated rings. The SMILES string of the molecule is CNC(Cc1nc(C)c(C)s1)c1cc(C)cc(Cl)c1. The first-order valence-corrected chi connectivity index (χ1v) is 7.56. The summed E-state index contributed by atoms with van der Waals surface area (Å²) < 4.78 is 0. The van der Waals surface area contributed by atoms with Gasteiger partial charge in [0.1, 0.15) is 0 Å². The van der Waals surface area contributed by atoms with Crippen LogP contribution in [0, 0.1) is 20.8 Å². The van der Waals surface area contributed by atoms with Gasteiger partial charge in [-0.1, -0.05) is 17.7 Å². The van der Waals surface area contributed by atoms with Crippen LogP contribution in [0.25, 0.3) is 0 Å². The lowest BCUT2D eigenvalue weighted by Gasteiger charge is -2.16. The lowest BCUT2D eigenvalue weighted by atomic mass is 10.0. The van der Waals surface area contributed by atoms with Gasteiger partial charge in [0.05, 0.1) is 10.7 Å². The van der Waals surface area contributed by atoms with Crippen molar-refractivity contribution in [2.75, 3.05) is 7.05 Å². The summed E-state index contributed by atoms with van der Waals surface area (Å²) in [6.07, 6.45) is 0.898. The van der Waals surface area contributed by atoms with E-state index >= 15 is 0 Å². The second-order valence-electron chi connectivity index (χ2n) is 4.86. The van der Waals surface area contributed by atoms with Crippen LogP contribution in [0.4, 0.5) is 0 Å². The average molecular weight is 295 g/mol. The largest absolute Gasteiger partial charge is 0.313 e. The highest BCUT2D eigenvalue weighted by Gasteiger charge is 2.14. The van der Waals surface area contributed by atoms with E-state index in [-0.39, 0.29) is 6.04 Å². The molecule has 0 aliphatic rings. The highest BCUT2D eigenvalue weighted by Crippen LogP contribution is 2.26. The molecule has 0 spiro atoms. The molecule has 1 aromatic heterocycles. The number of nitrogens with zero attached hydrogens (tertiary/aromatic N) is 1. The number of hydrogen-bond donors (Lipinski definition) is 1. The van der Waals surface area contributed by atoms with Crippen LogP contribution in [-0.4, -0.2) is 12.0 Å². The van der Waals surface area contributed by atoms with E-state index in [1.807, 2.05) is 19.2 Å². The molecule has 2 aromatic rings. The van der Waals surface area contributed by atoms with Gasteiger partial charge in [0, 0.05) is 22.4 Å². The standard InChI is InChI=1S/C15H19ClN2S/c1-9-5-12(7-13(16)6-9)14(17-4)8-15-18-10(2)11(3)19-15/h5-7,14,17H,8H2,1-4H3. The predicted molar refractivity (Wildman–Crippen MR) is 83.3 cm³/mol. The summed E-state index contributed by atoms with van der Waals surface area (Å²) in [7, 11) is 1.98. The highest BCUT2D eigenvalue weighted by molar-refractivity contribution is 7.11. The molecule has 0 bridgehead atoms. The van der Waals surface area contributed by atoms with Gasteiger partial charge in [-0.15, -0.1) is 11.3 Å². The molecule has 1 atom stereocenters. The second kappa shape index (κ2) is 6.04. The molecular formula is C15H19ClN2S. The maximum Gasteiger partial charge on any atom is 0.0949 e. The number of nitrogens with one attached hydrogen (secondary N) is 1. The van der Waals surface area contributed by atoms with Gasteiger partial charge in [-0.25, -0.2) is 4.98 Å². The summed E-state index contributed by atoms with van der Waals surface area (Å²) in [5.41, 5.74) is 3.55. The van der Waals surface area contributed by atoms with Crippen molar-refractivity contribution in [3.63, 3.8) is 0 Å². The minimum absolute atomic E-state index is 0.252. The molecule has 0 saturated carbocycles. The van der Waals surface area contributed by atoms with Gasteiger partial charge in [0.2, 0.25) is 0 Å². The van der Waals surface area contributed by atoms with Crippen molar-refractivity contribution in [1.29, 1.82) is 0 Å². The molecule has 19 heavy (non-hydrogen) atoms. The monoisotopic (exact) mass is 294 g/mol. The Morgan fingerprint density at radius 3 is 2.53 bits per heavy atom. The molecule has 1 aromatic carbocycles. The maximum atomic E-state index is 6.14. The Morgan fingerprint density at radius 1 is 1.26 bits per heavy atom. The zero-order valence-electron chi connectivity index (χ0n) is 11.7. The van der Waals surface area contributed by atoms with Gasteiger partial charge < -0.3 is 5.32 Å². The number of benzene rings is 1. The summed E-state index contributed by atoms with van der Waals surface area (Å²) in [4.78, 5) is 5.91. The molecule has 4 heteroatoms. The normalized spacial score (nSPS) is 12.7. The Morgan fingerprint density at radius 2 is 2.00 bits per heavy atom. The molecule has 0 saturated heterocycles. The number of rotatable bonds is 4. The fourth-order valence-corrected chi connectivity index (χ4v) is 3.43. The van der Waals surface area contributed by atoms with Crippen molar-refractivity contribution in [2.24, 2.45) is 0 Å². The van der Waals surface area contributed by atoms with Crippen LogP contribution in [0.3, 0.4) is 0 Å². The molecule has 1 heterocycles. The fourth-order valence-electron chi connectivity index (χ4n) is 2.15. The van der Waals surface area contributed by atoms with Crippen LogP contribution < -0.4 is 5.32 Å². The van der Waals surface area contributed by atoms with Crippen molar-refractivity contribution in [3.8, 4) is 0 Å². The molecule has 2 nitrogen and oxygen atoms in total. The first-order chi connectivity index (χ1) is 8.99. The number of aromatic nitrogens is 1. The Hall–Kier alpha value is -0.900. The fraction of sp³-hybridized carbons (Fsp3) is 0.400. The Balaban J connectivity index is 2.24. The molecule has 102 valence electrons. The molecule has 0 amide bonds. The van der Waals surface area contributed by atoms with Crippen LogP contribution in [0.15, 0.2) is 18.2 Å². The lowest BCUT2D eigenvalue weighted by Crippen LogP contribution is -2.19. The molecule has 0 aliphatic heterocycles. The average Bonchev–Trinajstić information content (AvgIpc) is 2.64. The molecule has 1 N–H and O–H groups in total. The van der Waals surface area contributed by atoms with E-state index in [4.69, 9.17) is 11.6 Å². The molecule has 2 rings (SSSR count). The highest BCUT2D eigenvalue weighted by atomic mass is 35.5. The zero-order valence-corrected chi connectivity index (χ0v) is 13.3. The van der Waals surface area contributed by atoms with Gasteiger partial charge in [-0.2, -0.15) is 0 Å². The molecular weight excluding hydrogens is 276 g/mol. The molecule has 1 unspecified atom stereocenters.